The smallest absolute Gasteiger partial charge is 0.212 e. The van der Waals surface area contributed by atoms with Crippen molar-refractivity contribution in [1.29, 1.82) is 0 Å². The summed E-state index contributed by atoms with van der Waals surface area (Å²) in [7, 11) is 0. The Morgan fingerprint density at radius 1 is 1.19 bits per heavy atom. The minimum atomic E-state index is 0.119. The molecule has 0 spiro atoms. The number of rotatable bonds is 2. The van der Waals surface area contributed by atoms with Crippen LogP contribution in [0.25, 0.3) is 11.4 Å². The van der Waals surface area contributed by atoms with Crippen LogP contribution in [0.15, 0.2) is 6.33 Å². The molecule has 8 nitrogen and oxygen atoms in total. The molecule has 2 heterocycles. The number of nitrogen functional groups attached to an aromatic ring is 2. The Morgan fingerprint density at radius 3 is 2.31 bits per heavy atom. The van der Waals surface area contributed by atoms with Crippen LogP contribution in [0.5, 0.6) is 0 Å². The average Bonchev–Trinajstić information content (AvgIpc) is 2.66. The van der Waals surface area contributed by atoms with Gasteiger partial charge in [0.1, 0.15) is 23.5 Å². The highest BCUT2D eigenvalue weighted by Gasteiger charge is 2.15. The summed E-state index contributed by atoms with van der Waals surface area (Å²) in [6.45, 7) is 3.89. The molecule has 2 aromatic rings. The minimum absolute atomic E-state index is 0.119. The van der Waals surface area contributed by atoms with Gasteiger partial charge in [-0.1, -0.05) is 0 Å². The lowest BCUT2D eigenvalue weighted by Crippen LogP contribution is -2.05. The molecule has 0 fully saturated rings. The van der Waals surface area contributed by atoms with Crippen LogP contribution in [-0.4, -0.2) is 30.2 Å². The molecule has 0 aliphatic carbocycles. The highest BCUT2D eigenvalue weighted by atomic mass is 15.6. The number of hydrogen-bond donors (Lipinski definition) is 2. The highest BCUT2D eigenvalue weighted by molar-refractivity contribution is 5.77. The summed E-state index contributed by atoms with van der Waals surface area (Å²) >= 11 is 0. The molecule has 0 atom stereocenters. The molecule has 0 radical (unpaired) electrons. The third-order valence-electron chi connectivity index (χ3n) is 2.02. The number of hydrogen-bond acceptors (Lipinski definition) is 7. The average molecular weight is 220 g/mol. The molecule has 0 saturated heterocycles. The number of nitrogens with two attached hydrogens (primary N) is 2. The van der Waals surface area contributed by atoms with E-state index in [-0.39, 0.29) is 17.7 Å². The molecule has 84 valence electrons. The normalized spacial score (nSPS) is 10.9. The Hall–Kier alpha value is -2.25. The molecule has 16 heavy (non-hydrogen) atoms. The van der Waals surface area contributed by atoms with E-state index in [9.17, 15) is 0 Å². The van der Waals surface area contributed by atoms with Gasteiger partial charge in [-0.15, -0.1) is 10.2 Å². The summed E-state index contributed by atoms with van der Waals surface area (Å²) in [4.78, 5) is 9.15. The molecule has 0 bridgehead atoms. The summed E-state index contributed by atoms with van der Waals surface area (Å²) < 4.78 is 0. The molecule has 0 aliphatic rings. The Labute approximate surface area is 91.7 Å². The lowest BCUT2D eigenvalue weighted by Gasteiger charge is -2.02. The van der Waals surface area contributed by atoms with E-state index >= 15 is 0 Å². The largest absolute Gasteiger partial charge is 0.383 e. The lowest BCUT2D eigenvalue weighted by molar-refractivity contribution is 0.455. The Bertz CT molecular complexity index is 482. The van der Waals surface area contributed by atoms with Crippen molar-refractivity contribution in [2.45, 2.75) is 19.9 Å². The highest BCUT2D eigenvalue weighted by Crippen LogP contribution is 2.24. The Morgan fingerprint density at radius 2 is 1.81 bits per heavy atom. The maximum Gasteiger partial charge on any atom is 0.212 e. The monoisotopic (exact) mass is 220 g/mol. The molecule has 0 amide bonds. The van der Waals surface area contributed by atoms with E-state index in [1.165, 1.54) is 11.1 Å². The second-order valence-electron chi connectivity index (χ2n) is 3.55. The van der Waals surface area contributed by atoms with Gasteiger partial charge in [0.25, 0.3) is 0 Å². The summed E-state index contributed by atoms with van der Waals surface area (Å²) in [6, 6.07) is 0.119. The quantitative estimate of drug-likeness (QED) is 0.723. The number of tetrazole rings is 1. The van der Waals surface area contributed by atoms with E-state index in [0.29, 0.717) is 11.4 Å². The van der Waals surface area contributed by atoms with Crippen LogP contribution in [0, 0.1) is 0 Å². The van der Waals surface area contributed by atoms with Crippen LogP contribution in [0.4, 0.5) is 11.6 Å². The Balaban J connectivity index is 2.50. The molecule has 8 heteroatoms. The van der Waals surface area contributed by atoms with E-state index in [1.807, 2.05) is 13.8 Å². The predicted molar refractivity (Wildman–Crippen MR) is 58.1 cm³/mol. The number of aromatic nitrogens is 6. The van der Waals surface area contributed by atoms with E-state index in [4.69, 9.17) is 11.5 Å². The van der Waals surface area contributed by atoms with E-state index in [0.717, 1.165) is 0 Å². The van der Waals surface area contributed by atoms with Gasteiger partial charge >= 0.3 is 0 Å². The maximum absolute atomic E-state index is 5.69. The molecule has 4 N–H and O–H groups in total. The van der Waals surface area contributed by atoms with Gasteiger partial charge < -0.3 is 11.5 Å². The molecular weight excluding hydrogens is 208 g/mol. The van der Waals surface area contributed by atoms with Gasteiger partial charge in [0.05, 0.1) is 6.04 Å². The van der Waals surface area contributed by atoms with Crippen molar-refractivity contribution in [3.8, 4) is 11.4 Å². The topological polar surface area (TPSA) is 121 Å². The first-order chi connectivity index (χ1) is 7.59. The van der Waals surface area contributed by atoms with E-state index in [1.54, 1.807) is 0 Å². The number of anilines is 2. The maximum atomic E-state index is 5.69. The van der Waals surface area contributed by atoms with Crippen LogP contribution in [0.1, 0.15) is 19.9 Å². The first kappa shape index (κ1) is 10.3. The van der Waals surface area contributed by atoms with Gasteiger partial charge in [-0.3, -0.25) is 0 Å². The van der Waals surface area contributed by atoms with Gasteiger partial charge in [-0.2, -0.15) is 4.80 Å². The van der Waals surface area contributed by atoms with Gasteiger partial charge in [-0.25, -0.2) is 9.97 Å². The molecule has 0 aliphatic heterocycles. The third-order valence-corrected chi connectivity index (χ3v) is 2.02. The van der Waals surface area contributed by atoms with Crippen LogP contribution in [0.2, 0.25) is 0 Å². The molecule has 0 aromatic carbocycles. The van der Waals surface area contributed by atoms with Crippen molar-refractivity contribution >= 4 is 11.6 Å². The fourth-order valence-corrected chi connectivity index (χ4v) is 1.19. The van der Waals surface area contributed by atoms with Crippen molar-refractivity contribution in [2.24, 2.45) is 0 Å². The van der Waals surface area contributed by atoms with Gasteiger partial charge in [0, 0.05) is 0 Å². The van der Waals surface area contributed by atoms with Crippen LogP contribution < -0.4 is 11.5 Å². The number of nitrogens with zero attached hydrogens (tertiary/aromatic N) is 6. The molecular formula is C8H12N8. The zero-order chi connectivity index (χ0) is 11.7. The zero-order valence-corrected chi connectivity index (χ0v) is 8.99. The SMILES string of the molecule is CC(C)n1nnc(-c2c(N)ncnc2N)n1. The third kappa shape index (κ3) is 1.64. The molecule has 0 saturated carbocycles. The van der Waals surface area contributed by atoms with Gasteiger partial charge in [0.2, 0.25) is 5.82 Å². The van der Waals surface area contributed by atoms with Crippen LogP contribution in [0.3, 0.4) is 0 Å². The summed E-state index contributed by atoms with van der Waals surface area (Å²) in [6.07, 6.45) is 1.29. The van der Waals surface area contributed by atoms with E-state index < -0.39 is 0 Å². The molecule has 2 aromatic heterocycles. The fourth-order valence-electron chi connectivity index (χ4n) is 1.19. The second kappa shape index (κ2) is 3.72. The zero-order valence-electron chi connectivity index (χ0n) is 8.99. The predicted octanol–water partition coefficient (Wildman–Crippen LogP) is -0.125. The van der Waals surface area contributed by atoms with Crippen LogP contribution >= 0.6 is 0 Å². The Kier molecular flexibility index (Phi) is 2.39. The lowest BCUT2D eigenvalue weighted by atomic mass is 10.2. The summed E-state index contributed by atoms with van der Waals surface area (Å²) in [5.41, 5.74) is 11.8. The van der Waals surface area contributed by atoms with Crippen LogP contribution in [-0.2, 0) is 0 Å². The van der Waals surface area contributed by atoms with Crippen molar-refractivity contribution in [3.63, 3.8) is 0 Å². The van der Waals surface area contributed by atoms with E-state index in [2.05, 4.69) is 25.4 Å². The molecule has 0 unspecified atom stereocenters. The standard InChI is InChI=1S/C8H12N8/c1-4(2)16-14-8(13-15-16)5-6(9)11-3-12-7(5)10/h3-4H,1-2H3,(H4,9,10,11,12). The van der Waals surface area contributed by atoms with Crippen molar-refractivity contribution in [3.05, 3.63) is 6.33 Å². The summed E-state index contributed by atoms with van der Waals surface area (Å²) in [5.74, 6) is 0.830. The summed E-state index contributed by atoms with van der Waals surface area (Å²) in [5, 5.41) is 11.9. The van der Waals surface area contributed by atoms with Crippen molar-refractivity contribution in [2.75, 3.05) is 11.5 Å². The fraction of sp³-hybridized carbons (Fsp3) is 0.375. The van der Waals surface area contributed by atoms with Gasteiger partial charge in [0.15, 0.2) is 0 Å². The first-order valence-corrected chi connectivity index (χ1v) is 4.75. The second-order valence-corrected chi connectivity index (χ2v) is 3.55. The first-order valence-electron chi connectivity index (χ1n) is 4.75. The van der Waals surface area contributed by atoms with Crippen molar-refractivity contribution in [1.82, 2.24) is 30.2 Å². The molecule has 2 rings (SSSR count). The van der Waals surface area contributed by atoms with Gasteiger partial charge in [-0.05, 0) is 19.1 Å². The van der Waals surface area contributed by atoms with Crippen molar-refractivity contribution < 1.29 is 0 Å². The minimum Gasteiger partial charge on any atom is -0.383 e.